The van der Waals surface area contributed by atoms with Crippen LogP contribution in [0.1, 0.15) is 5.76 Å². The number of hydrogen-bond donors (Lipinski definition) is 1. The average Bonchev–Trinajstić information content (AvgIpc) is 2.70. The molecule has 1 aromatic carbocycles. The maximum absolute atomic E-state index is 9.07. The molecule has 0 bridgehead atoms. The average molecular weight is 207 g/mol. The fourth-order valence-electron chi connectivity index (χ4n) is 1.01. The summed E-state index contributed by atoms with van der Waals surface area (Å²) >= 11 is 1.64. The molecular formula is C10H9NO2S. The van der Waals surface area contributed by atoms with Crippen LogP contribution in [0.3, 0.4) is 0 Å². The van der Waals surface area contributed by atoms with Crippen molar-refractivity contribution in [1.29, 1.82) is 0 Å². The number of aromatic nitrogens is 1. The largest absolute Gasteiger partial charge is 0.508 e. The van der Waals surface area contributed by atoms with Crippen LogP contribution in [-0.2, 0) is 5.75 Å². The van der Waals surface area contributed by atoms with Crippen LogP contribution in [0.4, 0.5) is 0 Å². The van der Waals surface area contributed by atoms with Crippen LogP contribution in [0.25, 0.3) is 0 Å². The molecule has 0 aliphatic heterocycles. The summed E-state index contributed by atoms with van der Waals surface area (Å²) in [5, 5.41) is 12.7. The standard InChI is InChI=1S/C10H9NO2S/c12-8-1-3-10(4-2-8)14-7-9-5-6-11-13-9/h1-6,12H,7H2. The highest BCUT2D eigenvalue weighted by Gasteiger charge is 1.99. The van der Waals surface area contributed by atoms with E-state index in [-0.39, 0.29) is 5.75 Å². The second-order valence-electron chi connectivity index (χ2n) is 2.76. The molecule has 4 heteroatoms. The second kappa shape index (κ2) is 4.19. The number of phenols is 1. The first-order valence-electron chi connectivity index (χ1n) is 4.16. The van der Waals surface area contributed by atoms with E-state index in [9.17, 15) is 0 Å². The summed E-state index contributed by atoms with van der Waals surface area (Å²) in [4.78, 5) is 1.10. The SMILES string of the molecule is Oc1ccc(SCc2ccno2)cc1. The van der Waals surface area contributed by atoms with Crippen molar-refractivity contribution in [2.24, 2.45) is 0 Å². The number of aromatic hydroxyl groups is 1. The van der Waals surface area contributed by atoms with Gasteiger partial charge >= 0.3 is 0 Å². The van der Waals surface area contributed by atoms with Gasteiger partial charge in [0.15, 0.2) is 0 Å². The van der Waals surface area contributed by atoms with Gasteiger partial charge in [0, 0.05) is 11.0 Å². The van der Waals surface area contributed by atoms with E-state index in [2.05, 4.69) is 5.16 Å². The van der Waals surface area contributed by atoms with E-state index in [1.54, 1.807) is 30.1 Å². The highest BCUT2D eigenvalue weighted by atomic mass is 32.2. The quantitative estimate of drug-likeness (QED) is 0.786. The fraction of sp³-hybridized carbons (Fsp3) is 0.100. The molecule has 0 unspecified atom stereocenters. The van der Waals surface area contributed by atoms with Gasteiger partial charge in [-0.05, 0) is 24.3 Å². The zero-order valence-electron chi connectivity index (χ0n) is 7.38. The lowest BCUT2D eigenvalue weighted by Crippen LogP contribution is -1.75. The number of rotatable bonds is 3. The molecule has 2 rings (SSSR count). The van der Waals surface area contributed by atoms with E-state index in [4.69, 9.17) is 9.63 Å². The number of nitrogens with zero attached hydrogens (tertiary/aromatic N) is 1. The Labute approximate surface area is 85.7 Å². The highest BCUT2D eigenvalue weighted by Crippen LogP contribution is 2.24. The molecule has 1 N–H and O–H groups in total. The Bertz CT molecular complexity index is 383. The van der Waals surface area contributed by atoms with Crippen molar-refractivity contribution in [3.05, 3.63) is 42.3 Å². The molecule has 14 heavy (non-hydrogen) atoms. The van der Waals surface area contributed by atoms with Gasteiger partial charge in [-0.2, -0.15) is 0 Å². The van der Waals surface area contributed by atoms with Crippen LogP contribution in [-0.4, -0.2) is 10.3 Å². The topological polar surface area (TPSA) is 46.3 Å². The van der Waals surface area contributed by atoms with Gasteiger partial charge in [0.2, 0.25) is 0 Å². The first kappa shape index (κ1) is 9.15. The summed E-state index contributed by atoms with van der Waals surface area (Å²) in [6, 6.07) is 8.92. The molecule has 0 radical (unpaired) electrons. The van der Waals surface area contributed by atoms with Gasteiger partial charge in [-0.15, -0.1) is 11.8 Å². The van der Waals surface area contributed by atoms with Gasteiger partial charge in [0.05, 0.1) is 11.9 Å². The number of benzene rings is 1. The molecule has 72 valence electrons. The molecule has 1 aromatic heterocycles. The summed E-state index contributed by atoms with van der Waals surface area (Å²) in [5.41, 5.74) is 0. The predicted octanol–water partition coefficient (Wildman–Crippen LogP) is 2.67. The third-order valence-corrected chi connectivity index (χ3v) is 2.74. The van der Waals surface area contributed by atoms with Crippen molar-refractivity contribution in [2.45, 2.75) is 10.6 Å². The van der Waals surface area contributed by atoms with Gasteiger partial charge < -0.3 is 9.63 Å². The van der Waals surface area contributed by atoms with Crippen LogP contribution < -0.4 is 0 Å². The van der Waals surface area contributed by atoms with Crippen molar-refractivity contribution < 1.29 is 9.63 Å². The third kappa shape index (κ3) is 2.29. The summed E-state index contributed by atoms with van der Waals surface area (Å²) in [5.74, 6) is 1.89. The maximum Gasteiger partial charge on any atom is 0.146 e. The lowest BCUT2D eigenvalue weighted by atomic mass is 10.3. The van der Waals surface area contributed by atoms with E-state index in [1.165, 1.54) is 0 Å². The molecule has 0 aliphatic rings. The van der Waals surface area contributed by atoms with Crippen LogP contribution in [0.15, 0.2) is 45.9 Å². The van der Waals surface area contributed by atoms with Crippen molar-refractivity contribution >= 4 is 11.8 Å². The summed E-state index contributed by atoms with van der Waals surface area (Å²) in [7, 11) is 0. The van der Waals surface area contributed by atoms with Crippen molar-refractivity contribution in [3.8, 4) is 5.75 Å². The van der Waals surface area contributed by atoms with Crippen molar-refractivity contribution in [2.75, 3.05) is 0 Å². The van der Waals surface area contributed by atoms with E-state index in [0.717, 1.165) is 16.4 Å². The molecule has 3 nitrogen and oxygen atoms in total. The van der Waals surface area contributed by atoms with Gasteiger partial charge in [-0.3, -0.25) is 0 Å². The minimum Gasteiger partial charge on any atom is -0.508 e. The Morgan fingerprint density at radius 3 is 2.64 bits per heavy atom. The van der Waals surface area contributed by atoms with E-state index < -0.39 is 0 Å². The van der Waals surface area contributed by atoms with E-state index in [0.29, 0.717) is 0 Å². The Morgan fingerprint density at radius 2 is 2.00 bits per heavy atom. The molecule has 0 amide bonds. The normalized spacial score (nSPS) is 10.3. The monoisotopic (exact) mass is 207 g/mol. The lowest BCUT2D eigenvalue weighted by molar-refractivity contribution is 0.395. The predicted molar refractivity (Wildman–Crippen MR) is 54.2 cm³/mol. The number of hydrogen-bond acceptors (Lipinski definition) is 4. The van der Waals surface area contributed by atoms with Gasteiger partial charge in [-0.25, -0.2) is 0 Å². The molecule has 0 aliphatic carbocycles. The third-order valence-electron chi connectivity index (χ3n) is 1.71. The molecule has 1 heterocycles. The molecular weight excluding hydrogens is 198 g/mol. The Balaban J connectivity index is 1.95. The van der Waals surface area contributed by atoms with Crippen LogP contribution >= 0.6 is 11.8 Å². The Hall–Kier alpha value is -1.42. The van der Waals surface area contributed by atoms with Crippen molar-refractivity contribution in [1.82, 2.24) is 5.16 Å². The zero-order valence-corrected chi connectivity index (χ0v) is 8.20. The molecule has 0 fully saturated rings. The summed E-state index contributed by atoms with van der Waals surface area (Å²) < 4.78 is 4.96. The van der Waals surface area contributed by atoms with Crippen molar-refractivity contribution in [3.63, 3.8) is 0 Å². The number of phenolic OH excluding ortho intramolecular Hbond substituents is 1. The minimum atomic E-state index is 0.286. The minimum absolute atomic E-state index is 0.286. The Morgan fingerprint density at radius 1 is 1.21 bits per heavy atom. The van der Waals surface area contributed by atoms with Gasteiger partial charge in [0.1, 0.15) is 11.5 Å². The number of thioether (sulfide) groups is 1. The maximum atomic E-state index is 9.07. The van der Waals surface area contributed by atoms with Gasteiger partial charge in [0.25, 0.3) is 0 Å². The summed E-state index contributed by atoms with van der Waals surface area (Å²) in [6.45, 7) is 0. The van der Waals surface area contributed by atoms with Crippen LogP contribution in [0.5, 0.6) is 5.75 Å². The lowest BCUT2D eigenvalue weighted by Gasteiger charge is -1.98. The molecule has 2 aromatic rings. The van der Waals surface area contributed by atoms with E-state index in [1.807, 2.05) is 18.2 Å². The molecule has 0 saturated carbocycles. The molecule has 0 saturated heterocycles. The fourth-order valence-corrected chi connectivity index (χ4v) is 1.80. The van der Waals surface area contributed by atoms with Crippen LogP contribution in [0, 0.1) is 0 Å². The second-order valence-corrected chi connectivity index (χ2v) is 3.81. The van der Waals surface area contributed by atoms with E-state index >= 15 is 0 Å². The zero-order chi connectivity index (χ0) is 9.80. The molecule has 0 atom stereocenters. The van der Waals surface area contributed by atoms with Gasteiger partial charge in [-0.1, -0.05) is 5.16 Å². The highest BCUT2D eigenvalue weighted by molar-refractivity contribution is 7.98. The van der Waals surface area contributed by atoms with Crippen LogP contribution in [0.2, 0.25) is 0 Å². The Kier molecular flexibility index (Phi) is 2.74. The smallest absolute Gasteiger partial charge is 0.146 e. The summed E-state index contributed by atoms with van der Waals surface area (Å²) in [6.07, 6.45) is 1.63. The first-order chi connectivity index (χ1) is 6.84. The first-order valence-corrected chi connectivity index (χ1v) is 5.14. The molecule has 0 spiro atoms.